The van der Waals surface area contributed by atoms with Gasteiger partial charge in [-0.3, -0.25) is 24.0 Å². The highest BCUT2D eigenvalue weighted by molar-refractivity contribution is 6.32. The topological polar surface area (TPSA) is 155 Å². The number of aryl methyl sites for hydroxylation is 1. The van der Waals surface area contributed by atoms with E-state index < -0.39 is 70.1 Å². The number of benzene rings is 2. The van der Waals surface area contributed by atoms with Crippen LogP contribution in [0.5, 0.6) is 5.75 Å². The predicted molar refractivity (Wildman–Crippen MR) is 161 cm³/mol. The van der Waals surface area contributed by atoms with E-state index in [0.717, 1.165) is 24.8 Å². The first-order valence-corrected chi connectivity index (χ1v) is 15.1. The highest BCUT2D eigenvalue weighted by Gasteiger charge is 2.69. The molecule has 0 aliphatic heterocycles. The van der Waals surface area contributed by atoms with Crippen LogP contribution in [-0.4, -0.2) is 58.9 Å². The number of nitrogens with zero attached hydrogens (tertiary/aromatic N) is 1. The van der Waals surface area contributed by atoms with Crippen molar-refractivity contribution in [3.05, 3.63) is 47.0 Å². The van der Waals surface area contributed by atoms with Gasteiger partial charge in [-0.15, -0.1) is 0 Å². The van der Waals surface area contributed by atoms with Crippen LogP contribution in [0.1, 0.15) is 61.5 Å². The summed E-state index contributed by atoms with van der Waals surface area (Å²) in [5.74, 6) is -11.5. The number of hydrogen-bond acceptors (Lipinski definition) is 8. The van der Waals surface area contributed by atoms with Crippen molar-refractivity contribution in [2.75, 3.05) is 19.0 Å². The van der Waals surface area contributed by atoms with E-state index >= 15 is 0 Å². The molecule has 228 valence electrons. The van der Waals surface area contributed by atoms with E-state index in [9.17, 15) is 34.2 Å². The second-order valence-corrected chi connectivity index (χ2v) is 13.0. The first-order chi connectivity index (χ1) is 20.2. The van der Waals surface area contributed by atoms with Crippen LogP contribution in [0.3, 0.4) is 0 Å². The Morgan fingerprint density at radius 1 is 1.09 bits per heavy atom. The number of unbranched alkanes of at least 4 members (excludes halogenated alkanes) is 1. The van der Waals surface area contributed by atoms with E-state index in [2.05, 4.69) is 6.92 Å². The Labute approximate surface area is 251 Å². The standard InChI is InChI=1S/C34H40N2O7/c1-6-7-8-17-9-11-18(12-10-17)20-15-23(36(4)5)21-13-19-14-22-24(16(2)3)29(38)27(33(35)42)32(41)34(22,43)31(40)25(19)30(39)26(21)28(20)37/h9-12,15-16,19,22,24-25,27,37,43H,6-8,13-14H2,1-5H3,(H2,35,42)/t19-,22-,24-,25?,27?,34-/m0/s1. The van der Waals surface area contributed by atoms with Gasteiger partial charge < -0.3 is 20.8 Å². The van der Waals surface area contributed by atoms with E-state index in [4.69, 9.17) is 5.73 Å². The molecule has 9 heteroatoms. The van der Waals surface area contributed by atoms with Gasteiger partial charge in [0.05, 0.1) is 11.5 Å². The minimum Gasteiger partial charge on any atom is -0.507 e. The van der Waals surface area contributed by atoms with Gasteiger partial charge >= 0.3 is 0 Å². The Morgan fingerprint density at radius 3 is 2.30 bits per heavy atom. The number of aliphatic hydroxyl groups is 1. The van der Waals surface area contributed by atoms with E-state index in [-0.39, 0.29) is 24.2 Å². The lowest BCUT2D eigenvalue weighted by Crippen LogP contribution is -2.71. The number of carbonyl (C=O) groups excluding carboxylic acids is 5. The van der Waals surface area contributed by atoms with Crippen LogP contribution in [0.25, 0.3) is 11.1 Å². The minimum absolute atomic E-state index is 0.000829. The average Bonchev–Trinajstić information content (AvgIpc) is 2.93. The van der Waals surface area contributed by atoms with Crippen molar-refractivity contribution in [3.8, 4) is 16.9 Å². The number of hydrogen-bond donors (Lipinski definition) is 3. The van der Waals surface area contributed by atoms with E-state index in [1.54, 1.807) is 13.8 Å². The van der Waals surface area contributed by atoms with Gasteiger partial charge in [0.15, 0.2) is 34.7 Å². The Kier molecular flexibility index (Phi) is 7.84. The second-order valence-electron chi connectivity index (χ2n) is 13.0. The molecule has 3 aliphatic carbocycles. The molecule has 0 aromatic heterocycles. The Hall–Kier alpha value is -3.85. The number of phenolic OH excluding ortho intramolecular Hbond substituents is 1. The van der Waals surface area contributed by atoms with Crippen LogP contribution in [0.4, 0.5) is 5.69 Å². The van der Waals surface area contributed by atoms with Crippen molar-refractivity contribution in [2.45, 2.75) is 58.5 Å². The lowest BCUT2D eigenvalue weighted by molar-refractivity contribution is -0.182. The predicted octanol–water partition coefficient (Wildman–Crippen LogP) is 3.28. The Morgan fingerprint density at radius 2 is 1.74 bits per heavy atom. The normalized spacial score (nSPS) is 28.4. The van der Waals surface area contributed by atoms with E-state index in [1.807, 2.05) is 49.3 Å². The number of carbonyl (C=O) groups is 5. The average molecular weight is 589 g/mol. The molecular weight excluding hydrogens is 548 g/mol. The van der Waals surface area contributed by atoms with Gasteiger partial charge in [0.25, 0.3) is 0 Å². The summed E-state index contributed by atoms with van der Waals surface area (Å²) < 4.78 is 0. The molecule has 2 unspecified atom stereocenters. The molecule has 6 atom stereocenters. The van der Waals surface area contributed by atoms with Crippen molar-refractivity contribution in [2.24, 2.45) is 41.2 Å². The highest BCUT2D eigenvalue weighted by Crippen LogP contribution is 2.54. The summed E-state index contributed by atoms with van der Waals surface area (Å²) in [6.45, 7) is 5.59. The molecule has 4 N–H and O–H groups in total. The molecule has 2 saturated carbocycles. The lowest BCUT2D eigenvalue weighted by atomic mass is 9.49. The summed E-state index contributed by atoms with van der Waals surface area (Å²) in [7, 11) is 3.67. The number of nitrogens with two attached hydrogens (primary N) is 1. The van der Waals surface area contributed by atoms with Crippen LogP contribution < -0.4 is 10.6 Å². The summed E-state index contributed by atoms with van der Waals surface area (Å²) >= 11 is 0. The third-order valence-corrected chi connectivity index (χ3v) is 9.85. The molecule has 3 aliphatic rings. The number of rotatable bonds is 7. The number of fused-ring (bicyclic) bond motifs is 3. The largest absolute Gasteiger partial charge is 0.507 e. The van der Waals surface area contributed by atoms with Gasteiger partial charge in [-0.05, 0) is 60.3 Å². The molecule has 2 aromatic carbocycles. The van der Waals surface area contributed by atoms with Gasteiger partial charge in [-0.25, -0.2) is 0 Å². The van der Waals surface area contributed by atoms with Crippen LogP contribution in [-0.2, 0) is 32.0 Å². The molecule has 5 rings (SSSR count). The first-order valence-electron chi connectivity index (χ1n) is 15.1. The van der Waals surface area contributed by atoms with Crippen molar-refractivity contribution in [1.82, 2.24) is 0 Å². The van der Waals surface area contributed by atoms with Crippen molar-refractivity contribution in [1.29, 1.82) is 0 Å². The molecule has 0 radical (unpaired) electrons. The van der Waals surface area contributed by atoms with Gasteiger partial charge in [0.1, 0.15) is 5.75 Å². The molecule has 2 aromatic rings. The summed E-state index contributed by atoms with van der Waals surface area (Å²) in [6.07, 6.45) is 3.34. The molecule has 0 bridgehead atoms. The lowest BCUT2D eigenvalue weighted by Gasteiger charge is -2.52. The summed E-state index contributed by atoms with van der Waals surface area (Å²) in [6, 6.07) is 9.62. The molecule has 0 saturated heterocycles. The zero-order valence-corrected chi connectivity index (χ0v) is 25.3. The SMILES string of the molecule is CCCCc1ccc(-c2cc(N(C)C)c3c(c2O)C(=O)C2C(=O)[C@]4(O)C(=O)C(C(N)=O)C(=O)[C@@H](C(C)C)[C@@H]4C[C@@H]2C3)cc1. The van der Waals surface area contributed by atoms with Gasteiger partial charge in [-0.2, -0.15) is 0 Å². The zero-order valence-electron chi connectivity index (χ0n) is 25.3. The molecular formula is C34H40N2O7. The van der Waals surface area contributed by atoms with Gasteiger partial charge in [0, 0.05) is 37.2 Å². The molecule has 0 spiro atoms. The molecule has 2 fully saturated rings. The molecule has 9 nitrogen and oxygen atoms in total. The number of amides is 1. The van der Waals surface area contributed by atoms with Gasteiger partial charge in [0.2, 0.25) is 5.91 Å². The fourth-order valence-electron chi connectivity index (χ4n) is 7.75. The quantitative estimate of drug-likeness (QED) is 0.416. The molecule has 0 heterocycles. The Balaban J connectivity index is 1.63. The third-order valence-electron chi connectivity index (χ3n) is 9.85. The maximum Gasteiger partial charge on any atom is 0.235 e. The summed E-state index contributed by atoms with van der Waals surface area (Å²) in [4.78, 5) is 69.3. The third kappa shape index (κ3) is 4.60. The second kappa shape index (κ2) is 11.0. The monoisotopic (exact) mass is 588 g/mol. The highest BCUT2D eigenvalue weighted by atomic mass is 16.3. The van der Waals surface area contributed by atoms with Crippen LogP contribution in [0, 0.1) is 35.5 Å². The number of ketones is 4. The fraction of sp³-hybridized carbons (Fsp3) is 0.500. The number of aromatic hydroxyl groups is 1. The van der Waals surface area contributed by atoms with Gasteiger partial charge in [-0.1, -0.05) is 51.5 Å². The maximum atomic E-state index is 14.3. The number of phenols is 1. The number of primary amides is 1. The maximum absolute atomic E-state index is 14.3. The van der Waals surface area contributed by atoms with Crippen LogP contribution >= 0.6 is 0 Å². The Bertz CT molecular complexity index is 1530. The number of anilines is 1. The minimum atomic E-state index is -2.71. The summed E-state index contributed by atoms with van der Waals surface area (Å²) in [5.41, 5.74) is 6.31. The summed E-state index contributed by atoms with van der Waals surface area (Å²) in [5, 5.41) is 23.4. The fourth-order valence-corrected chi connectivity index (χ4v) is 7.75. The molecule has 1 amide bonds. The smallest absolute Gasteiger partial charge is 0.235 e. The van der Waals surface area contributed by atoms with Crippen molar-refractivity contribution in [3.63, 3.8) is 0 Å². The van der Waals surface area contributed by atoms with Crippen molar-refractivity contribution >= 4 is 34.7 Å². The van der Waals surface area contributed by atoms with Crippen LogP contribution in [0.2, 0.25) is 0 Å². The van der Waals surface area contributed by atoms with E-state index in [1.165, 1.54) is 0 Å². The van der Waals surface area contributed by atoms with Crippen LogP contribution in [0.15, 0.2) is 30.3 Å². The van der Waals surface area contributed by atoms with E-state index in [0.29, 0.717) is 22.4 Å². The number of Topliss-reactive ketones (excluding diaryl/α,β-unsaturated/α-hetero) is 4. The van der Waals surface area contributed by atoms with Crippen molar-refractivity contribution < 1.29 is 34.2 Å². The zero-order chi connectivity index (χ0) is 31.5. The first kappa shape index (κ1) is 30.6. The molecule has 43 heavy (non-hydrogen) atoms.